The van der Waals surface area contributed by atoms with Gasteiger partial charge in [-0.05, 0) is 41.0 Å². The molecule has 2 N–H and O–H groups in total. The molecule has 1 heterocycles. The van der Waals surface area contributed by atoms with Gasteiger partial charge in [0.2, 0.25) is 0 Å². The van der Waals surface area contributed by atoms with Crippen LogP contribution in [0.2, 0.25) is 0 Å². The summed E-state index contributed by atoms with van der Waals surface area (Å²) in [5.74, 6) is 0. The molecule has 0 amide bonds. The van der Waals surface area contributed by atoms with Crippen molar-refractivity contribution in [1.82, 2.24) is 5.32 Å². The molecule has 74 valence electrons. The van der Waals surface area contributed by atoms with Crippen LogP contribution in [0.5, 0.6) is 0 Å². The third-order valence-electron chi connectivity index (χ3n) is 1.69. The number of halogens is 1. The highest BCUT2D eigenvalue weighted by Gasteiger charge is 2.08. The lowest BCUT2D eigenvalue weighted by Crippen LogP contribution is -2.21. The molecule has 1 aromatic heterocycles. The highest BCUT2D eigenvalue weighted by atomic mass is 79.9. The van der Waals surface area contributed by atoms with Crippen molar-refractivity contribution >= 4 is 27.3 Å². The van der Waals surface area contributed by atoms with Crippen LogP contribution < -0.4 is 5.32 Å². The zero-order valence-electron chi connectivity index (χ0n) is 7.59. The van der Waals surface area contributed by atoms with E-state index in [0.29, 0.717) is 6.54 Å². The maximum Gasteiger partial charge on any atom is 0.101 e. The number of thiophene rings is 1. The van der Waals surface area contributed by atoms with E-state index in [-0.39, 0.29) is 6.10 Å². The van der Waals surface area contributed by atoms with E-state index >= 15 is 0 Å². The number of aliphatic hydroxyl groups is 1. The van der Waals surface area contributed by atoms with E-state index in [1.54, 1.807) is 11.3 Å². The van der Waals surface area contributed by atoms with Gasteiger partial charge in [0, 0.05) is 11.4 Å². The van der Waals surface area contributed by atoms with Crippen molar-refractivity contribution in [2.75, 3.05) is 13.1 Å². The van der Waals surface area contributed by atoms with Crippen LogP contribution in [0.15, 0.2) is 15.9 Å². The first kappa shape index (κ1) is 11.2. The lowest BCUT2D eigenvalue weighted by molar-refractivity contribution is 0.178. The van der Waals surface area contributed by atoms with E-state index in [0.717, 1.165) is 21.6 Å². The van der Waals surface area contributed by atoms with Crippen molar-refractivity contribution in [3.63, 3.8) is 0 Å². The Kier molecular flexibility index (Phi) is 4.94. The molecule has 0 saturated heterocycles. The van der Waals surface area contributed by atoms with Crippen molar-refractivity contribution in [2.45, 2.75) is 19.4 Å². The molecule has 4 heteroatoms. The Balaban J connectivity index is 2.35. The molecular weight excluding hydrogens is 250 g/mol. The predicted octanol–water partition coefficient (Wildman–Crippen LogP) is 2.54. The number of hydrogen-bond acceptors (Lipinski definition) is 3. The number of aliphatic hydroxyl groups excluding tert-OH is 1. The molecule has 2 nitrogen and oxygen atoms in total. The van der Waals surface area contributed by atoms with E-state index in [1.807, 2.05) is 12.1 Å². The molecule has 0 spiro atoms. The summed E-state index contributed by atoms with van der Waals surface area (Å²) in [4.78, 5) is 1.01. The molecule has 0 bridgehead atoms. The normalized spacial score (nSPS) is 13.2. The molecule has 0 aliphatic carbocycles. The topological polar surface area (TPSA) is 32.3 Å². The van der Waals surface area contributed by atoms with E-state index in [2.05, 4.69) is 28.2 Å². The minimum absolute atomic E-state index is 0.372. The molecule has 1 aromatic rings. The van der Waals surface area contributed by atoms with Gasteiger partial charge in [0.1, 0.15) is 6.10 Å². The van der Waals surface area contributed by atoms with E-state index in [9.17, 15) is 5.11 Å². The van der Waals surface area contributed by atoms with Crippen LogP contribution in [0.4, 0.5) is 0 Å². The van der Waals surface area contributed by atoms with Gasteiger partial charge in [0.05, 0.1) is 3.79 Å². The summed E-state index contributed by atoms with van der Waals surface area (Å²) in [5.41, 5.74) is 0. The lowest BCUT2D eigenvalue weighted by atomic mass is 10.3. The molecule has 0 fully saturated rings. The Morgan fingerprint density at radius 2 is 2.38 bits per heavy atom. The zero-order chi connectivity index (χ0) is 9.68. The standard InChI is InChI=1S/C9H14BrNOS/c1-2-5-11-6-7(12)8-3-4-9(10)13-8/h3-4,7,11-12H,2,5-6H2,1H3. The first-order valence-electron chi connectivity index (χ1n) is 4.38. The van der Waals surface area contributed by atoms with Gasteiger partial charge in [-0.3, -0.25) is 0 Å². The van der Waals surface area contributed by atoms with Crippen LogP contribution >= 0.6 is 27.3 Å². The Hall–Kier alpha value is 0.1000. The quantitative estimate of drug-likeness (QED) is 0.801. The van der Waals surface area contributed by atoms with Crippen LogP contribution in [-0.4, -0.2) is 18.2 Å². The van der Waals surface area contributed by atoms with E-state index in [1.165, 1.54) is 0 Å². The highest BCUT2D eigenvalue weighted by Crippen LogP contribution is 2.26. The maximum atomic E-state index is 9.69. The van der Waals surface area contributed by atoms with Crippen molar-refractivity contribution < 1.29 is 5.11 Å². The summed E-state index contributed by atoms with van der Waals surface area (Å²) in [7, 11) is 0. The summed E-state index contributed by atoms with van der Waals surface area (Å²) in [5, 5.41) is 12.9. The lowest BCUT2D eigenvalue weighted by Gasteiger charge is -2.08. The summed E-state index contributed by atoms with van der Waals surface area (Å²) in [6, 6.07) is 3.91. The van der Waals surface area contributed by atoms with E-state index in [4.69, 9.17) is 0 Å². The second kappa shape index (κ2) is 5.75. The smallest absolute Gasteiger partial charge is 0.101 e. The van der Waals surface area contributed by atoms with Crippen molar-refractivity contribution in [3.8, 4) is 0 Å². The van der Waals surface area contributed by atoms with Gasteiger partial charge in [0.15, 0.2) is 0 Å². The van der Waals surface area contributed by atoms with Gasteiger partial charge in [-0.1, -0.05) is 6.92 Å². The number of nitrogens with one attached hydrogen (secondary N) is 1. The molecule has 0 aliphatic rings. The zero-order valence-corrected chi connectivity index (χ0v) is 9.99. The second-order valence-electron chi connectivity index (χ2n) is 2.86. The minimum Gasteiger partial charge on any atom is -0.386 e. The second-order valence-corrected chi connectivity index (χ2v) is 5.36. The molecule has 13 heavy (non-hydrogen) atoms. The molecule has 0 aromatic carbocycles. The summed E-state index contributed by atoms with van der Waals surface area (Å²) in [6.45, 7) is 3.71. The Morgan fingerprint density at radius 1 is 1.62 bits per heavy atom. The minimum atomic E-state index is -0.372. The molecule has 1 rings (SSSR count). The van der Waals surface area contributed by atoms with Crippen molar-refractivity contribution in [3.05, 3.63) is 20.8 Å². The van der Waals surface area contributed by atoms with Gasteiger partial charge < -0.3 is 10.4 Å². The van der Waals surface area contributed by atoms with Gasteiger partial charge in [-0.2, -0.15) is 0 Å². The average molecular weight is 264 g/mol. The molecule has 1 atom stereocenters. The van der Waals surface area contributed by atoms with Crippen molar-refractivity contribution in [1.29, 1.82) is 0 Å². The Labute approximate surface area is 91.1 Å². The number of hydrogen-bond donors (Lipinski definition) is 2. The highest BCUT2D eigenvalue weighted by molar-refractivity contribution is 9.11. The molecule has 0 aliphatic heterocycles. The Morgan fingerprint density at radius 3 is 2.92 bits per heavy atom. The van der Waals surface area contributed by atoms with Gasteiger partial charge in [-0.25, -0.2) is 0 Å². The Bertz CT molecular complexity index is 252. The van der Waals surface area contributed by atoms with Gasteiger partial charge >= 0.3 is 0 Å². The third-order valence-corrected chi connectivity index (χ3v) is 3.41. The fourth-order valence-corrected chi connectivity index (χ4v) is 2.43. The first-order valence-corrected chi connectivity index (χ1v) is 5.99. The summed E-state index contributed by atoms with van der Waals surface area (Å²) < 4.78 is 1.07. The predicted molar refractivity (Wildman–Crippen MR) is 60.1 cm³/mol. The van der Waals surface area contributed by atoms with Gasteiger partial charge in [0.25, 0.3) is 0 Å². The van der Waals surface area contributed by atoms with Gasteiger partial charge in [-0.15, -0.1) is 11.3 Å². The molecule has 1 unspecified atom stereocenters. The molecular formula is C9H14BrNOS. The number of rotatable bonds is 5. The fourth-order valence-electron chi connectivity index (χ4n) is 1.02. The monoisotopic (exact) mass is 263 g/mol. The SMILES string of the molecule is CCCNCC(O)c1ccc(Br)s1. The molecule has 0 radical (unpaired) electrons. The molecule has 0 saturated carbocycles. The average Bonchev–Trinajstić information content (AvgIpc) is 2.52. The summed E-state index contributed by atoms with van der Waals surface area (Å²) >= 11 is 4.95. The maximum absolute atomic E-state index is 9.69. The van der Waals surface area contributed by atoms with E-state index < -0.39 is 0 Å². The third kappa shape index (κ3) is 3.77. The first-order chi connectivity index (χ1) is 6.24. The van der Waals surface area contributed by atoms with Crippen LogP contribution in [0.25, 0.3) is 0 Å². The van der Waals surface area contributed by atoms with Crippen molar-refractivity contribution in [2.24, 2.45) is 0 Å². The summed E-state index contributed by atoms with van der Waals surface area (Å²) in [6.07, 6.45) is 0.726. The fraction of sp³-hybridized carbons (Fsp3) is 0.556. The van der Waals surface area contributed by atoms with Crippen LogP contribution in [-0.2, 0) is 0 Å². The van der Waals surface area contributed by atoms with Crippen LogP contribution in [0.1, 0.15) is 24.3 Å². The largest absolute Gasteiger partial charge is 0.386 e. The van der Waals surface area contributed by atoms with Crippen LogP contribution in [0.3, 0.4) is 0 Å². The van der Waals surface area contributed by atoms with Crippen LogP contribution in [0, 0.1) is 0 Å².